The average molecular weight is 246 g/mol. The lowest BCUT2D eigenvalue weighted by Gasteiger charge is -2.09. The molecule has 7 heteroatoms. The molecule has 0 aliphatic carbocycles. The predicted octanol–water partition coefficient (Wildman–Crippen LogP) is 2.47. The first kappa shape index (κ1) is 11.8. The van der Waals surface area contributed by atoms with Crippen LogP contribution in [0.3, 0.4) is 0 Å². The SMILES string of the molecule is [B]c1c(F)c(F)c(F)c2c(F)cc(F)c(F)c12. The van der Waals surface area contributed by atoms with Crippen LogP contribution in [0.4, 0.5) is 26.3 Å². The second kappa shape index (κ2) is 3.68. The molecule has 86 valence electrons. The van der Waals surface area contributed by atoms with E-state index in [0.29, 0.717) is 0 Å². The van der Waals surface area contributed by atoms with Crippen molar-refractivity contribution >= 4 is 24.1 Å². The zero-order valence-electron chi connectivity index (χ0n) is 7.92. The van der Waals surface area contributed by atoms with Crippen molar-refractivity contribution in [1.82, 2.24) is 0 Å². The van der Waals surface area contributed by atoms with Crippen LogP contribution in [0.2, 0.25) is 0 Å². The molecule has 17 heavy (non-hydrogen) atoms. The van der Waals surface area contributed by atoms with Gasteiger partial charge in [0.25, 0.3) is 0 Å². The summed E-state index contributed by atoms with van der Waals surface area (Å²) in [5.74, 6) is -10.9. The van der Waals surface area contributed by atoms with Gasteiger partial charge in [-0.2, -0.15) is 0 Å². The van der Waals surface area contributed by atoms with Gasteiger partial charge in [0.2, 0.25) is 0 Å². The molecule has 0 N–H and O–H groups in total. The van der Waals surface area contributed by atoms with Crippen LogP contribution < -0.4 is 5.46 Å². The molecule has 0 bridgehead atoms. The molecule has 0 aliphatic rings. The molecule has 0 atom stereocenters. The highest BCUT2D eigenvalue weighted by atomic mass is 19.2. The van der Waals surface area contributed by atoms with Crippen molar-refractivity contribution < 1.29 is 26.3 Å². The molecule has 2 aromatic rings. The van der Waals surface area contributed by atoms with E-state index >= 15 is 0 Å². The van der Waals surface area contributed by atoms with E-state index in [2.05, 4.69) is 0 Å². The van der Waals surface area contributed by atoms with Crippen LogP contribution in [0.15, 0.2) is 6.07 Å². The fourth-order valence-corrected chi connectivity index (χ4v) is 1.50. The standard InChI is InChI=1S/C10HBF6/c11-6-5-4(8(15)10(17)9(6)16)2(12)1-3(13)7(5)14/h1H. The van der Waals surface area contributed by atoms with Crippen LogP contribution >= 0.6 is 0 Å². The Kier molecular flexibility index (Phi) is 2.56. The number of hydrogen-bond donors (Lipinski definition) is 0. The molecule has 0 heterocycles. The summed E-state index contributed by atoms with van der Waals surface area (Å²) in [6.07, 6.45) is 0. The fourth-order valence-electron chi connectivity index (χ4n) is 1.50. The molecule has 2 aromatic carbocycles. The van der Waals surface area contributed by atoms with Crippen LogP contribution in [0.1, 0.15) is 0 Å². The van der Waals surface area contributed by atoms with Gasteiger partial charge in [-0.05, 0) is 5.46 Å². The fraction of sp³-hybridized carbons (Fsp3) is 0. The zero-order chi connectivity index (χ0) is 12.9. The summed E-state index contributed by atoms with van der Waals surface area (Å²) in [6, 6.07) is 0.0253. The molecule has 2 rings (SSSR count). The van der Waals surface area contributed by atoms with Crippen molar-refractivity contribution in [1.29, 1.82) is 0 Å². The summed E-state index contributed by atoms with van der Waals surface area (Å²) in [6.45, 7) is 0. The number of halogens is 6. The third kappa shape index (κ3) is 1.49. The third-order valence-electron chi connectivity index (χ3n) is 2.28. The van der Waals surface area contributed by atoms with Crippen molar-refractivity contribution in [2.45, 2.75) is 0 Å². The maximum atomic E-state index is 13.3. The smallest absolute Gasteiger partial charge is 0.194 e. The average Bonchev–Trinajstić information content (AvgIpc) is 2.28. The summed E-state index contributed by atoms with van der Waals surface area (Å²) in [5, 5.41) is -2.38. The molecule has 0 unspecified atom stereocenters. The van der Waals surface area contributed by atoms with Gasteiger partial charge in [0, 0.05) is 11.5 Å². The maximum Gasteiger partial charge on any atom is 0.194 e. The van der Waals surface area contributed by atoms with Crippen LogP contribution in [-0.2, 0) is 0 Å². The van der Waals surface area contributed by atoms with E-state index in [0.717, 1.165) is 0 Å². The summed E-state index contributed by atoms with van der Waals surface area (Å²) in [7, 11) is 4.97. The lowest BCUT2D eigenvalue weighted by Crippen LogP contribution is -2.17. The van der Waals surface area contributed by atoms with E-state index in [1.165, 1.54) is 0 Å². The van der Waals surface area contributed by atoms with Crippen LogP contribution in [0.5, 0.6) is 0 Å². The molecule has 0 aliphatic heterocycles. The van der Waals surface area contributed by atoms with E-state index < -0.39 is 51.1 Å². The van der Waals surface area contributed by atoms with Crippen molar-refractivity contribution in [3.8, 4) is 0 Å². The van der Waals surface area contributed by atoms with Gasteiger partial charge in [-0.3, -0.25) is 0 Å². The molecular weight excluding hydrogens is 245 g/mol. The van der Waals surface area contributed by atoms with E-state index in [1.54, 1.807) is 0 Å². The summed E-state index contributed by atoms with van der Waals surface area (Å²) in [5.41, 5.74) is -1.19. The normalized spacial score (nSPS) is 11.2. The van der Waals surface area contributed by atoms with Gasteiger partial charge in [-0.1, -0.05) is 0 Å². The molecule has 0 saturated carbocycles. The van der Waals surface area contributed by atoms with Gasteiger partial charge >= 0.3 is 0 Å². The van der Waals surface area contributed by atoms with Crippen molar-refractivity contribution in [2.75, 3.05) is 0 Å². The number of rotatable bonds is 0. The Balaban J connectivity index is 3.17. The molecule has 0 amide bonds. The Hall–Kier alpha value is -1.66. The molecular formula is C10HBF6. The second-order valence-electron chi connectivity index (χ2n) is 3.26. The van der Waals surface area contributed by atoms with Crippen molar-refractivity contribution in [3.63, 3.8) is 0 Å². The Labute approximate surface area is 92.3 Å². The van der Waals surface area contributed by atoms with Gasteiger partial charge in [-0.25, -0.2) is 26.3 Å². The Morgan fingerprint density at radius 2 is 1.24 bits per heavy atom. The summed E-state index contributed by atoms with van der Waals surface area (Å²) < 4.78 is 78.4. The molecule has 0 aromatic heterocycles. The van der Waals surface area contributed by atoms with Gasteiger partial charge in [-0.15, -0.1) is 0 Å². The van der Waals surface area contributed by atoms with E-state index in [9.17, 15) is 26.3 Å². The molecule has 0 nitrogen and oxygen atoms in total. The molecule has 2 radical (unpaired) electrons. The third-order valence-corrected chi connectivity index (χ3v) is 2.28. The topological polar surface area (TPSA) is 0 Å². The Bertz CT molecular complexity index is 637. The lowest BCUT2D eigenvalue weighted by molar-refractivity contribution is 0.451. The minimum absolute atomic E-state index is 0.0253. The van der Waals surface area contributed by atoms with Gasteiger partial charge in [0.15, 0.2) is 29.1 Å². The summed E-state index contributed by atoms with van der Waals surface area (Å²) in [4.78, 5) is 0. The first-order chi connectivity index (χ1) is 7.86. The van der Waals surface area contributed by atoms with E-state index in [-0.39, 0.29) is 6.07 Å². The number of fused-ring (bicyclic) bond motifs is 1. The van der Waals surface area contributed by atoms with E-state index in [4.69, 9.17) is 7.85 Å². The van der Waals surface area contributed by atoms with Gasteiger partial charge in [0.05, 0.1) is 5.39 Å². The monoisotopic (exact) mass is 246 g/mol. The number of benzene rings is 2. The zero-order valence-corrected chi connectivity index (χ0v) is 7.92. The minimum atomic E-state index is -2.04. The van der Waals surface area contributed by atoms with Crippen LogP contribution in [-0.4, -0.2) is 7.85 Å². The maximum absolute atomic E-state index is 13.3. The lowest BCUT2D eigenvalue weighted by atomic mass is 9.88. The first-order valence-electron chi connectivity index (χ1n) is 4.25. The molecule has 0 spiro atoms. The predicted molar refractivity (Wildman–Crippen MR) is 49.1 cm³/mol. The second-order valence-corrected chi connectivity index (χ2v) is 3.26. The van der Waals surface area contributed by atoms with Crippen molar-refractivity contribution in [3.05, 3.63) is 41.0 Å². The van der Waals surface area contributed by atoms with E-state index in [1.807, 2.05) is 0 Å². The van der Waals surface area contributed by atoms with Crippen LogP contribution in [0, 0.1) is 34.9 Å². The highest BCUT2D eigenvalue weighted by Crippen LogP contribution is 2.27. The quantitative estimate of drug-likeness (QED) is 0.290. The largest absolute Gasteiger partial charge is 0.206 e. The van der Waals surface area contributed by atoms with Gasteiger partial charge in [0.1, 0.15) is 13.7 Å². The first-order valence-corrected chi connectivity index (χ1v) is 4.25. The highest BCUT2D eigenvalue weighted by molar-refractivity contribution is 6.39. The molecule has 0 fully saturated rings. The summed E-state index contributed by atoms with van der Waals surface area (Å²) >= 11 is 0. The van der Waals surface area contributed by atoms with Crippen LogP contribution in [0.25, 0.3) is 10.8 Å². The van der Waals surface area contributed by atoms with Gasteiger partial charge < -0.3 is 0 Å². The minimum Gasteiger partial charge on any atom is -0.206 e. The Morgan fingerprint density at radius 3 is 1.82 bits per heavy atom. The highest BCUT2D eigenvalue weighted by Gasteiger charge is 2.24. The number of hydrogen-bond acceptors (Lipinski definition) is 0. The molecule has 0 saturated heterocycles. The Morgan fingerprint density at radius 1 is 0.647 bits per heavy atom. The van der Waals surface area contributed by atoms with Crippen molar-refractivity contribution in [2.24, 2.45) is 0 Å².